The van der Waals surface area contributed by atoms with E-state index in [1.807, 2.05) is 0 Å². The number of hydrogen-bond acceptors (Lipinski definition) is 6. The Morgan fingerprint density at radius 2 is 1.96 bits per heavy atom. The molecule has 0 unspecified atom stereocenters. The Labute approximate surface area is 146 Å². The average molecular weight is 354 g/mol. The second-order valence-electron chi connectivity index (χ2n) is 5.78. The fourth-order valence-electron chi connectivity index (χ4n) is 2.41. The smallest absolute Gasteiger partial charge is 0.289 e. The highest BCUT2D eigenvalue weighted by Gasteiger charge is 2.17. The molecule has 0 bridgehead atoms. The SMILES string of the molecule is CCCCCCCC(=O)NNC(=O)c1csc(N2CCOCC2)n1. The van der Waals surface area contributed by atoms with Gasteiger partial charge in [0.1, 0.15) is 5.69 Å². The molecule has 7 nitrogen and oxygen atoms in total. The largest absolute Gasteiger partial charge is 0.378 e. The number of carbonyl (C=O) groups is 2. The van der Waals surface area contributed by atoms with Gasteiger partial charge in [0.05, 0.1) is 13.2 Å². The van der Waals surface area contributed by atoms with Crippen LogP contribution in [0.25, 0.3) is 0 Å². The van der Waals surface area contributed by atoms with E-state index in [1.165, 1.54) is 24.2 Å². The summed E-state index contributed by atoms with van der Waals surface area (Å²) < 4.78 is 5.30. The second kappa shape index (κ2) is 10.2. The summed E-state index contributed by atoms with van der Waals surface area (Å²) in [5, 5.41) is 2.52. The molecule has 1 aliphatic heterocycles. The Morgan fingerprint density at radius 3 is 2.71 bits per heavy atom. The summed E-state index contributed by atoms with van der Waals surface area (Å²) >= 11 is 1.43. The molecule has 1 aromatic heterocycles. The van der Waals surface area contributed by atoms with Crippen LogP contribution in [0.1, 0.15) is 55.9 Å². The van der Waals surface area contributed by atoms with Crippen LogP contribution >= 0.6 is 11.3 Å². The van der Waals surface area contributed by atoms with Crippen LogP contribution in [-0.4, -0.2) is 43.1 Å². The third kappa shape index (κ3) is 6.09. The molecular weight excluding hydrogens is 328 g/mol. The summed E-state index contributed by atoms with van der Waals surface area (Å²) in [5.74, 6) is -0.548. The van der Waals surface area contributed by atoms with E-state index < -0.39 is 0 Å². The van der Waals surface area contributed by atoms with Crippen LogP contribution in [-0.2, 0) is 9.53 Å². The predicted octanol–water partition coefficient (Wildman–Crippen LogP) is 2.10. The summed E-state index contributed by atoms with van der Waals surface area (Å²) in [7, 11) is 0. The average Bonchev–Trinajstić information content (AvgIpc) is 3.10. The van der Waals surface area contributed by atoms with Crippen molar-refractivity contribution in [1.29, 1.82) is 0 Å². The summed E-state index contributed by atoms with van der Waals surface area (Å²) in [5.41, 5.74) is 5.21. The fraction of sp³-hybridized carbons (Fsp3) is 0.688. The molecule has 2 heterocycles. The standard InChI is InChI=1S/C16H26N4O3S/c1-2-3-4-5-6-7-14(21)18-19-15(22)13-12-24-16(17-13)20-8-10-23-11-9-20/h12H,2-11H2,1H3,(H,18,21)(H,19,22). The molecule has 0 saturated carbocycles. The molecule has 1 saturated heterocycles. The van der Waals surface area contributed by atoms with Gasteiger partial charge in [-0.05, 0) is 6.42 Å². The molecule has 1 fully saturated rings. The highest BCUT2D eigenvalue weighted by atomic mass is 32.1. The van der Waals surface area contributed by atoms with Gasteiger partial charge >= 0.3 is 0 Å². The molecule has 24 heavy (non-hydrogen) atoms. The molecule has 0 atom stereocenters. The molecule has 2 amide bonds. The number of aromatic nitrogens is 1. The van der Waals surface area contributed by atoms with Crippen molar-refractivity contribution in [1.82, 2.24) is 15.8 Å². The number of morpholine rings is 1. The maximum Gasteiger partial charge on any atom is 0.289 e. The van der Waals surface area contributed by atoms with E-state index in [0.29, 0.717) is 25.3 Å². The molecular formula is C16H26N4O3S. The van der Waals surface area contributed by atoms with Gasteiger partial charge in [0.2, 0.25) is 5.91 Å². The first-order valence-electron chi connectivity index (χ1n) is 8.58. The third-order valence-electron chi connectivity index (χ3n) is 3.83. The van der Waals surface area contributed by atoms with E-state index in [2.05, 4.69) is 27.7 Å². The van der Waals surface area contributed by atoms with Crippen LogP contribution in [0, 0.1) is 0 Å². The minimum Gasteiger partial charge on any atom is -0.378 e. The van der Waals surface area contributed by atoms with Crippen molar-refractivity contribution >= 4 is 28.3 Å². The molecule has 0 aliphatic carbocycles. The topological polar surface area (TPSA) is 83.6 Å². The van der Waals surface area contributed by atoms with Crippen molar-refractivity contribution in [3.8, 4) is 0 Å². The summed E-state index contributed by atoms with van der Waals surface area (Å²) in [6.07, 6.45) is 5.86. The number of nitrogens with one attached hydrogen (secondary N) is 2. The van der Waals surface area contributed by atoms with Gasteiger partial charge in [-0.25, -0.2) is 4.98 Å². The van der Waals surface area contributed by atoms with Gasteiger partial charge in [-0.3, -0.25) is 20.4 Å². The summed E-state index contributed by atoms with van der Waals surface area (Å²) in [6, 6.07) is 0. The quantitative estimate of drug-likeness (QED) is 0.552. The van der Waals surface area contributed by atoms with Crippen LogP contribution in [0.5, 0.6) is 0 Å². The number of hydrogen-bond donors (Lipinski definition) is 2. The number of rotatable bonds is 8. The van der Waals surface area contributed by atoms with Crippen molar-refractivity contribution in [2.45, 2.75) is 45.4 Å². The molecule has 1 aromatic rings. The molecule has 1 aliphatic rings. The molecule has 2 rings (SSSR count). The molecule has 2 N–H and O–H groups in total. The number of anilines is 1. The van der Waals surface area contributed by atoms with Gasteiger partial charge in [-0.15, -0.1) is 11.3 Å². The number of thiazole rings is 1. The van der Waals surface area contributed by atoms with Crippen LogP contribution in [0.15, 0.2) is 5.38 Å². The molecule has 134 valence electrons. The predicted molar refractivity (Wildman–Crippen MR) is 94.1 cm³/mol. The Hall–Kier alpha value is -1.67. The van der Waals surface area contributed by atoms with Gasteiger partial charge in [0.25, 0.3) is 5.91 Å². The first-order chi connectivity index (χ1) is 11.7. The molecule has 0 spiro atoms. The minimum atomic E-state index is -0.384. The van der Waals surface area contributed by atoms with Crippen molar-refractivity contribution in [2.24, 2.45) is 0 Å². The summed E-state index contributed by atoms with van der Waals surface area (Å²) in [6.45, 7) is 5.07. The lowest BCUT2D eigenvalue weighted by atomic mass is 10.1. The second-order valence-corrected chi connectivity index (χ2v) is 6.62. The Bertz CT molecular complexity index is 529. The van der Waals surface area contributed by atoms with Crippen molar-refractivity contribution < 1.29 is 14.3 Å². The van der Waals surface area contributed by atoms with E-state index in [1.54, 1.807) is 5.38 Å². The first-order valence-corrected chi connectivity index (χ1v) is 9.46. The van der Waals surface area contributed by atoms with Gasteiger partial charge in [0.15, 0.2) is 5.13 Å². The van der Waals surface area contributed by atoms with E-state index in [4.69, 9.17) is 4.74 Å². The third-order valence-corrected chi connectivity index (χ3v) is 4.73. The maximum absolute atomic E-state index is 12.0. The van der Waals surface area contributed by atoms with Gasteiger partial charge in [-0.2, -0.15) is 0 Å². The molecule has 0 radical (unpaired) electrons. The Balaban J connectivity index is 1.68. The zero-order valence-electron chi connectivity index (χ0n) is 14.2. The van der Waals surface area contributed by atoms with Gasteiger partial charge in [-0.1, -0.05) is 32.6 Å². The van der Waals surface area contributed by atoms with E-state index in [9.17, 15) is 9.59 Å². The Morgan fingerprint density at radius 1 is 1.21 bits per heavy atom. The first kappa shape index (κ1) is 18.7. The number of hydrazine groups is 1. The number of carbonyl (C=O) groups excluding carboxylic acids is 2. The molecule has 0 aromatic carbocycles. The number of amides is 2. The molecule has 8 heteroatoms. The van der Waals surface area contributed by atoms with Gasteiger partial charge in [0, 0.05) is 24.9 Å². The highest BCUT2D eigenvalue weighted by molar-refractivity contribution is 7.13. The van der Waals surface area contributed by atoms with Crippen LogP contribution < -0.4 is 15.8 Å². The van der Waals surface area contributed by atoms with Crippen LogP contribution in [0.4, 0.5) is 5.13 Å². The minimum absolute atomic E-state index is 0.163. The number of nitrogens with zero attached hydrogens (tertiary/aromatic N) is 2. The monoisotopic (exact) mass is 354 g/mol. The van der Waals surface area contributed by atoms with E-state index in [-0.39, 0.29) is 11.8 Å². The highest BCUT2D eigenvalue weighted by Crippen LogP contribution is 2.21. The lowest BCUT2D eigenvalue weighted by Crippen LogP contribution is -2.41. The van der Waals surface area contributed by atoms with Crippen molar-refractivity contribution in [3.63, 3.8) is 0 Å². The maximum atomic E-state index is 12.0. The number of unbranched alkanes of at least 4 members (excludes halogenated alkanes) is 4. The zero-order chi connectivity index (χ0) is 17.2. The normalized spacial score (nSPS) is 14.5. The number of ether oxygens (including phenoxy) is 1. The van der Waals surface area contributed by atoms with Crippen molar-refractivity contribution in [3.05, 3.63) is 11.1 Å². The Kier molecular flexibility index (Phi) is 7.97. The lowest BCUT2D eigenvalue weighted by molar-refractivity contribution is -0.122. The van der Waals surface area contributed by atoms with Gasteiger partial charge < -0.3 is 9.64 Å². The van der Waals surface area contributed by atoms with Crippen molar-refractivity contribution in [2.75, 3.05) is 31.2 Å². The fourth-order valence-corrected chi connectivity index (χ4v) is 3.27. The van der Waals surface area contributed by atoms with Crippen LogP contribution in [0.2, 0.25) is 0 Å². The van der Waals surface area contributed by atoms with E-state index >= 15 is 0 Å². The van der Waals surface area contributed by atoms with Crippen LogP contribution in [0.3, 0.4) is 0 Å². The zero-order valence-corrected chi connectivity index (χ0v) is 15.0. The summed E-state index contributed by atoms with van der Waals surface area (Å²) in [4.78, 5) is 30.2. The van der Waals surface area contributed by atoms with E-state index in [0.717, 1.165) is 37.5 Å². The lowest BCUT2D eigenvalue weighted by Gasteiger charge is -2.25.